The molecule has 0 bridgehead atoms. The second kappa shape index (κ2) is 4.30. The highest BCUT2D eigenvalue weighted by molar-refractivity contribution is 5.84. The van der Waals surface area contributed by atoms with Crippen molar-refractivity contribution in [3.63, 3.8) is 0 Å². The molecule has 0 aromatic carbocycles. The highest BCUT2D eigenvalue weighted by Crippen LogP contribution is 2.23. The number of primary amides is 1. The Morgan fingerprint density at radius 2 is 2.38 bits per heavy atom. The van der Waals surface area contributed by atoms with Crippen molar-refractivity contribution in [1.82, 2.24) is 4.98 Å². The number of anilines is 1. The number of carbonyl (C=O) groups excluding carboxylic acids is 2. The van der Waals surface area contributed by atoms with Gasteiger partial charge in [-0.1, -0.05) is 0 Å². The zero-order valence-corrected chi connectivity index (χ0v) is 8.80. The average Bonchev–Trinajstić information content (AvgIpc) is 2.78. The van der Waals surface area contributed by atoms with Gasteiger partial charge in [0, 0.05) is 18.3 Å². The van der Waals surface area contributed by atoms with Crippen LogP contribution in [-0.4, -0.2) is 29.8 Å². The van der Waals surface area contributed by atoms with Crippen LogP contribution in [0.1, 0.15) is 23.2 Å². The number of hydrogen-bond donors (Lipinski definition) is 1. The second-order valence-electron chi connectivity index (χ2n) is 3.82. The minimum absolute atomic E-state index is 0.269. The van der Waals surface area contributed by atoms with Gasteiger partial charge < -0.3 is 10.6 Å². The van der Waals surface area contributed by atoms with E-state index in [0.717, 1.165) is 25.7 Å². The van der Waals surface area contributed by atoms with Gasteiger partial charge in [-0.2, -0.15) is 0 Å². The Morgan fingerprint density at radius 1 is 1.56 bits per heavy atom. The lowest BCUT2D eigenvalue weighted by atomic mass is 10.2. The van der Waals surface area contributed by atoms with Gasteiger partial charge in [0.1, 0.15) is 11.9 Å². The zero-order chi connectivity index (χ0) is 11.5. The summed E-state index contributed by atoms with van der Waals surface area (Å²) in [5.41, 5.74) is 5.84. The number of nitrogens with two attached hydrogens (primary N) is 1. The van der Waals surface area contributed by atoms with Crippen molar-refractivity contribution in [2.45, 2.75) is 18.9 Å². The van der Waals surface area contributed by atoms with Gasteiger partial charge in [0.25, 0.3) is 0 Å². The van der Waals surface area contributed by atoms with E-state index in [4.69, 9.17) is 5.73 Å². The summed E-state index contributed by atoms with van der Waals surface area (Å²) in [5, 5.41) is 0. The van der Waals surface area contributed by atoms with E-state index in [0.29, 0.717) is 11.4 Å². The van der Waals surface area contributed by atoms with Gasteiger partial charge in [-0.25, -0.2) is 4.98 Å². The molecule has 5 nitrogen and oxygen atoms in total. The molecule has 5 heteroatoms. The second-order valence-corrected chi connectivity index (χ2v) is 3.82. The van der Waals surface area contributed by atoms with Crippen LogP contribution in [0, 0.1) is 0 Å². The number of rotatable bonds is 3. The normalized spacial score (nSPS) is 19.8. The largest absolute Gasteiger partial charge is 0.368 e. The third kappa shape index (κ3) is 1.88. The van der Waals surface area contributed by atoms with E-state index in [1.165, 1.54) is 6.20 Å². The summed E-state index contributed by atoms with van der Waals surface area (Å²) < 4.78 is 0. The Kier molecular flexibility index (Phi) is 2.85. The lowest BCUT2D eigenvalue weighted by molar-refractivity contribution is -0.119. The van der Waals surface area contributed by atoms with Gasteiger partial charge in [-0.15, -0.1) is 0 Å². The third-order valence-corrected chi connectivity index (χ3v) is 2.78. The van der Waals surface area contributed by atoms with Crippen LogP contribution in [0.4, 0.5) is 5.82 Å². The minimum atomic E-state index is -0.321. The molecule has 0 radical (unpaired) electrons. The lowest BCUT2D eigenvalue weighted by Crippen LogP contribution is -2.40. The zero-order valence-electron chi connectivity index (χ0n) is 8.80. The molecule has 2 heterocycles. The van der Waals surface area contributed by atoms with Crippen molar-refractivity contribution in [3.05, 3.63) is 23.9 Å². The summed E-state index contributed by atoms with van der Waals surface area (Å²) in [4.78, 5) is 27.7. The molecule has 0 spiro atoms. The Bertz CT molecular complexity index is 402. The third-order valence-electron chi connectivity index (χ3n) is 2.78. The van der Waals surface area contributed by atoms with Gasteiger partial charge in [-0.05, 0) is 25.0 Å². The molecule has 16 heavy (non-hydrogen) atoms. The van der Waals surface area contributed by atoms with E-state index in [1.54, 1.807) is 12.1 Å². The Hall–Kier alpha value is -1.91. The van der Waals surface area contributed by atoms with Crippen LogP contribution >= 0.6 is 0 Å². The van der Waals surface area contributed by atoms with Crippen LogP contribution in [0.15, 0.2) is 18.3 Å². The maximum atomic E-state index is 11.2. The van der Waals surface area contributed by atoms with Gasteiger partial charge >= 0.3 is 0 Å². The van der Waals surface area contributed by atoms with E-state index in [2.05, 4.69) is 4.98 Å². The number of nitrogens with zero attached hydrogens (tertiary/aromatic N) is 2. The highest BCUT2D eigenvalue weighted by Gasteiger charge is 2.29. The first-order chi connectivity index (χ1) is 7.72. The van der Waals surface area contributed by atoms with Gasteiger partial charge in [0.15, 0.2) is 6.29 Å². The van der Waals surface area contributed by atoms with Crippen molar-refractivity contribution in [2.75, 3.05) is 11.4 Å². The molecule has 1 amide bonds. The predicted molar refractivity (Wildman–Crippen MR) is 59.2 cm³/mol. The first-order valence-corrected chi connectivity index (χ1v) is 5.19. The smallest absolute Gasteiger partial charge is 0.240 e. The van der Waals surface area contributed by atoms with Crippen LogP contribution in [0.2, 0.25) is 0 Å². The number of pyridine rings is 1. The first-order valence-electron chi connectivity index (χ1n) is 5.19. The summed E-state index contributed by atoms with van der Waals surface area (Å²) >= 11 is 0. The molecule has 1 unspecified atom stereocenters. The van der Waals surface area contributed by atoms with Crippen LogP contribution in [0.3, 0.4) is 0 Å². The summed E-state index contributed by atoms with van der Waals surface area (Å²) in [6.07, 6.45) is 3.95. The topological polar surface area (TPSA) is 76.3 Å². The molecule has 1 aliphatic heterocycles. The predicted octanol–water partition coefficient (Wildman–Crippen LogP) is 0.348. The maximum Gasteiger partial charge on any atom is 0.240 e. The summed E-state index contributed by atoms with van der Waals surface area (Å²) in [6, 6.07) is 3.16. The van der Waals surface area contributed by atoms with E-state index >= 15 is 0 Å². The summed E-state index contributed by atoms with van der Waals surface area (Å²) in [5.74, 6) is 0.380. The average molecular weight is 219 g/mol. The first kappa shape index (κ1) is 10.6. The monoisotopic (exact) mass is 219 g/mol. The SMILES string of the molecule is NC(=O)C1CCCN1c1ccc(C=O)cn1. The fourth-order valence-corrected chi connectivity index (χ4v) is 1.97. The van der Waals surface area contributed by atoms with E-state index in [1.807, 2.05) is 4.90 Å². The van der Waals surface area contributed by atoms with E-state index in [9.17, 15) is 9.59 Å². The Morgan fingerprint density at radius 3 is 2.94 bits per heavy atom. The number of aldehydes is 1. The molecule has 1 aromatic heterocycles. The summed E-state index contributed by atoms with van der Waals surface area (Å²) in [7, 11) is 0. The van der Waals surface area contributed by atoms with E-state index in [-0.39, 0.29) is 11.9 Å². The fraction of sp³-hybridized carbons (Fsp3) is 0.364. The van der Waals surface area contributed by atoms with Crippen molar-refractivity contribution in [3.8, 4) is 0 Å². The van der Waals surface area contributed by atoms with Gasteiger partial charge in [0.05, 0.1) is 0 Å². The molecule has 1 aromatic rings. The number of hydrogen-bond acceptors (Lipinski definition) is 4. The molecule has 0 saturated carbocycles. The van der Waals surface area contributed by atoms with Crippen molar-refractivity contribution in [2.24, 2.45) is 5.73 Å². The van der Waals surface area contributed by atoms with E-state index < -0.39 is 0 Å². The maximum absolute atomic E-state index is 11.2. The molecule has 0 aliphatic carbocycles. The Labute approximate surface area is 93.3 Å². The molecule has 1 saturated heterocycles. The van der Waals surface area contributed by atoms with Crippen molar-refractivity contribution >= 4 is 18.0 Å². The number of aromatic nitrogens is 1. The molecule has 1 atom stereocenters. The molecule has 1 fully saturated rings. The molecule has 2 rings (SSSR count). The molecule has 84 valence electrons. The van der Waals surface area contributed by atoms with Crippen LogP contribution < -0.4 is 10.6 Å². The number of carbonyl (C=O) groups is 2. The van der Waals surface area contributed by atoms with Gasteiger partial charge in [-0.3, -0.25) is 9.59 Å². The van der Waals surface area contributed by atoms with Crippen molar-refractivity contribution < 1.29 is 9.59 Å². The quantitative estimate of drug-likeness (QED) is 0.744. The highest BCUT2D eigenvalue weighted by atomic mass is 16.1. The molecule has 1 aliphatic rings. The molecular formula is C11H13N3O2. The van der Waals surface area contributed by atoms with Crippen LogP contribution in [0.5, 0.6) is 0 Å². The van der Waals surface area contributed by atoms with Crippen LogP contribution in [0.25, 0.3) is 0 Å². The standard InChI is InChI=1S/C11H13N3O2/c12-11(16)9-2-1-5-14(9)10-4-3-8(7-15)6-13-10/h3-4,6-7,9H,1-2,5H2,(H2,12,16). The fourth-order valence-electron chi connectivity index (χ4n) is 1.97. The minimum Gasteiger partial charge on any atom is -0.368 e. The number of amides is 1. The van der Waals surface area contributed by atoms with Crippen LogP contribution in [-0.2, 0) is 4.79 Å². The summed E-state index contributed by atoms with van der Waals surface area (Å²) in [6.45, 7) is 0.779. The molecule has 2 N–H and O–H groups in total. The Balaban J connectivity index is 2.22. The van der Waals surface area contributed by atoms with Gasteiger partial charge in [0.2, 0.25) is 5.91 Å². The lowest BCUT2D eigenvalue weighted by Gasteiger charge is -2.22. The van der Waals surface area contributed by atoms with Crippen molar-refractivity contribution in [1.29, 1.82) is 0 Å². The molecular weight excluding hydrogens is 206 g/mol.